The molecule has 6 atom stereocenters. The lowest BCUT2D eigenvalue weighted by molar-refractivity contribution is -0.290. The zero-order valence-electron chi connectivity index (χ0n) is 9.13. The van der Waals surface area contributed by atoms with Gasteiger partial charge in [0.1, 0.15) is 24.4 Å². The molecule has 0 aromatic carbocycles. The second-order valence-electron chi connectivity index (χ2n) is 3.81. The summed E-state index contributed by atoms with van der Waals surface area (Å²) < 4.78 is 9.32. The summed E-state index contributed by atoms with van der Waals surface area (Å²) in [6.07, 6.45) is -8.93. The molecule has 0 amide bonds. The summed E-state index contributed by atoms with van der Waals surface area (Å²) in [6.45, 7) is 0.536. The van der Waals surface area contributed by atoms with Gasteiger partial charge in [0.15, 0.2) is 12.4 Å². The first kappa shape index (κ1) is 14.3. The molecule has 5 N–H and O–H groups in total. The molecule has 0 aromatic heterocycles. The number of rotatable bonds is 3. The van der Waals surface area contributed by atoms with Crippen molar-refractivity contribution in [2.75, 3.05) is 6.61 Å². The minimum absolute atomic E-state index is 0.617. The number of hydrogen-bond donors (Lipinski definition) is 5. The first-order valence-electron chi connectivity index (χ1n) is 5.07. The van der Waals surface area contributed by atoms with Gasteiger partial charge in [0.05, 0.1) is 6.61 Å². The van der Waals surface area contributed by atoms with Crippen LogP contribution in [-0.4, -0.2) is 74.9 Å². The number of aliphatic hydroxyl groups is 5. The van der Waals surface area contributed by atoms with Crippen molar-refractivity contribution in [2.45, 2.75) is 43.7 Å². The molecule has 1 fully saturated rings. The van der Waals surface area contributed by atoms with Crippen LogP contribution in [0.5, 0.6) is 0 Å². The largest absolute Gasteiger partial charge is 0.455 e. The second-order valence-corrected chi connectivity index (χ2v) is 3.81. The Morgan fingerprint density at radius 3 is 2.41 bits per heavy atom. The first-order chi connectivity index (χ1) is 7.88. The minimum Gasteiger partial charge on any atom is -0.455 e. The fourth-order valence-corrected chi connectivity index (χ4v) is 1.44. The maximum atomic E-state index is 11.1. The highest BCUT2D eigenvalue weighted by Crippen LogP contribution is 2.22. The number of ether oxygens (including phenoxy) is 2. The van der Waals surface area contributed by atoms with Crippen molar-refractivity contribution in [3.8, 4) is 0 Å². The standard InChI is InChI=1S/C9H16O8/c1-3(11)8(14)17-7-5(12)4(2-10)16-9(15)6(7)13/h3-7,9-13,15H,2H2,1H3/t3-,4-,5-,6+,7+,9+/m1/s1. The van der Waals surface area contributed by atoms with Crippen LogP contribution in [0.4, 0.5) is 0 Å². The average Bonchev–Trinajstić information content (AvgIpc) is 2.28. The van der Waals surface area contributed by atoms with E-state index in [1.807, 2.05) is 0 Å². The Hall–Kier alpha value is -0.770. The van der Waals surface area contributed by atoms with Crippen LogP contribution in [0.15, 0.2) is 0 Å². The predicted octanol–water partition coefficient (Wildman–Crippen LogP) is -3.29. The molecule has 8 nitrogen and oxygen atoms in total. The van der Waals surface area contributed by atoms with Crippen LogP contribution >= 0.6 is 0 Å². The highest BCUT2D eigenvalue weighted by Gasteiger charge is 2.46. The van der Waals surface area contributed by atoms with Crippen LogP contribution in [0, 0.1) is 0 Å². The van der Waals surface area contributed by atoms with Gasteiger partial charge in [-0.3, -0.25) is 0 Å². The van der Waals surface area contributed by atoms with Crippen molar-refractivity contribution in [3.05, 3.63) is 0 Å². The molecule has 0 unspecified atom stereocenters. The van der Waals surface area contributed by atoms with E-state index in [0.29, 0.717) is 0 Å². The molecule has 100 valence electrons. The molecule has 0 aromatic rings. The van der Waals surface area contributed by atoms with E-state index in [2.05, 4.69) is 9.47 Å². The third-order valence-corrected chi connectivity index (χ3v) is 2.43. The van der Waals surface area contributed by atoms with E-state index < -0.39 is 49.4 Å². The van der Waals surface area contributed by atoms with Gasteiger partial charge >= 0.3 is 5.97 Å². The Morgan fingerprint density at radius 1 is 1.35 bits per heavy atom. The zero-order valence-corrected chi connectivity index (χ0v) is 9.13. The van der Waals surface area contributed by atoms with E-state index in [-0.39, 0.29) is 0 Å². The van der Waals surface area contributed by atoms with E-state index >= 15 is 0 Å². The van der Waals surface area contributed by atoms with Gasteiger partial charge in [-0.05, 0) is 6.92 Å². The lowest BCUT2D eigenvalue weighted by atomic mass is 9.99. The molecule has 8 heteroatoms. The van der Waals surface area contributed by atoms with Crippen LogP contribution in [-0.2, 0) is 14.3 Å². The Labute approximate surface area is 97.0 Å². The van der Waals surface area contributed by atoms with Crippen molar-refractivity contribution >= 4 is 5.97 Å². The summed E-state index contributed by atoms with van der Waals surface area (Å²) in [5.41, 5.74) is 0. The lowest BCUT2D eigenvalue weighted by Gasteiger charge is -2.39. The van der Waals surface area contributed by atoms with Gasteiger partial charge in [0, 0.05) is 0 Å². The van der Waals surface area contributed by atoms with Gasteiger partial charge in [-0.2, -0.15) is 0 Å². The fraction of sp³-hybridized carbons (Fsp3) is 0.889. The van der Waals surface area contributed by atoms with Gasteiger partial charge in [0.2, 0.25) is 0 Å². The van der Waals surface area contributed by atoms with E-state index in [4.69, 9.17) is 10.2 Å². The third-order valence-electron chi connectivity index (χ3n) is 2.43. The van der Waals surface area contributed by atoms with Crippen LogP contribution in [0.25, 0.3) is 0 Å². The highest BCUT2D eigenvalue weighted by atomic mass is 16.7. The van der Waals surface area contributed by atoms with Crippen molar-refractivity contribution < 1.29 is 39.8 Å². The van der Waals surface area contributed by atoms with Crippen molar-refractivity contribution in [3.63, 3.8) is 0 Å². The normalized spacial score (nSPS) is 39.8. The van der Waals surface area contributed by atoms with Crippen LogP contribution in [0.2, 0.25) is 0 Å². The van der Waals surface area contributed by atoms with Gasteiger partial charge in [-0.25, -0.2) is 4.79 Å². The molecule has 0 radical (unpaired) electrons. The summed E-state index contributed by atoms with van der Waals surface area (Å²) in [5.74, 6) is -1.06. The zero-order chi connectivity index (χ0) is 13.2. The van der Waals surface area contributed by atoms with Crippen LogP contribution in [0.1, 0.15) is 6.92 Å². The molecule has 0 aliphatic carbocycles. The smallest absolute Gasteiger partial charge is 0.335 e. The molecule has 0 bridgehead atoms. The first-order valence-corrected chi connectivity index (χ1v) is 5.07. The summed E-state index contributed by atoms with van der Waals surface area (Å²) in [7, 11) is 0. The Morgan fingerprint density at radius 2 is 1.94 bits per heavy atom. The Balaban J connectivity index is 2.75. The maximum absolute atomic E-state index is 11.1. The Bertz CT molecular complexity index is 268. The molecule has 17 heavy (non-hydrogen) atoms. The fourth-order valence-electron chi connectivity index (χ4n) is 1.44. The van der Waals surface area contributed by atoms with Crippen molar-refractivity contribution in [1.29, 1.82) is 0 Å². The summed E-state index contributed by atoms with van der Waals surface area (Å²) >= 11 is 0. The summed E-state index contributed by atoms with van der Waals surface area (Å²) in [6, 6.07) is 0. The molecule has 1 saturated heterocycles. The van der Waals surface area contributed by atoms with E-state index in [9.17, 15) is 20.1 Å². The number of carbonyl (C=O) groups excluding carboxylic acids is 1. The number of aliphatic hydroxyl groups excluding tert-OH is 5. The average molecular weight is 252 g/mol. The lowest BCUT2D eigenvalue weighted by Crippen LogP contribution is -2.60. The molecule has 1 rings (SSSR count). The Kier molecular flexibility index (Phi) is 4.80. The summed E-state index contributed by atoms with van der Waals surface area (Å²) in [4.78, 5) is 11.1. The van der Waals surface area contributed by atoms with Gasteiger partial charge in [-0.1, -0.05) is 0 Å². The molecular formula is C9H16O8. The second kappa shape index (κ2) is 5.71. The third kappa shape index (κ3) is 3.12. The summed E-state index contributed by atoms with van der Waals surface area (Å²) in [5, 5.41) is 46.2. The van der Waals surface area contributed by atoms with Gasteiger partial charge in [0.25, 0.3) is 0 Å². The quantitative estimate of drug-likeness (QED) is 0.330. The number of carbonyl (C=O) groups is 1. The van der Waals surface area contributed by atoms with Crippen molar-refractivity contribution in [2.24, 2.45) is 0 Å². The molecule has 1 aliphatic rings. The number of esters is 1. The molecule has 1 aliphatic heterocycles. The molecule has 0 spiro atoms. The molecule has 1 heterocycles. The number of hydrogen-bond acceptors (Lipinski definition) is 8. The van der Waals surface area contributed by atoms with E-state index in [0.717, 1.165) is 6.92 Å². The molecular weight excluding hydrogens is 236 g/mol. The van der Waals surface area contributed by atoms with E-state index in [1.165, 1.54) is 0 Å². The molecule has 0 saturated carbocycles. The van der Waals surface area contributed by atoms with Crippen LogP contribution in [0.3, 0.4) is 0 Å². The van der Waals surface area contributed by atoms with Crippen LogP contribution < -0.4 is 0 Å². The van der Waals surface area contributed by atoms with Gasteiger partial charge in [-0.15, -0.1) is 0 Å². The van der Waals surface area contributed by atoms with Gasteiger partial charge < -0.3 is 35.0 Å². The van der Waals surface area contributed by atoms with E-state index in [1.54, 1.807) is 0 Å². The highest BCUT2D eigenvalue weighted by molar-refractivity contribution is 5.74. The predicted molar refractivity (Wildman–Crippen MR) is 51.5 cm³/mol. The monoisotopic (exact) mass is 252 g/mol. The van der Waals surface area contributed by atoms with Crippen molar-refractivity contribution in [1.82, 2.24) is 0 Å². The minimum atomic E-state index is -1.69. The SMILES string of the molecule is C[C@@H](O)C(=O)O[C@@H]1[C@H](O)[C@@H](O)O[C@H](CO)[C@H]1O. The maximum Gasteiger partial charge on any atom is 0.335 e. The topological polar surface area (TPSA) is 137 Å².